The van der Waals surface area contributed by atoms with Crippen LogP contribution in [0, 0.1) is 17.8 Å². The van der Waals surface area contributed by atoms with Gasteiger partial charge in [-0.3, -0.25) is 14.4 Å². The van der Waals surface area contributed by atoms with Crippen LogP contribution in [0.1, 0.15) is 91.9 Å². The van der Waals surface area contributed by atoms with Crippen molar-refractivity contribution in [2.75, 3.05) is 13.6 Å². The van der Waals surface area contributed by atoms with Gasteiger partial charge in [0.15, 0.2) is 0 Å². The minimum absolute atomic E-state index is 0.00928. The number of nitrogens with one attached hydrogen (secondary N) is 2. The summed E-state index contributed by atoms with van der Waals surface area (Å²) in [7, 11) is 1.60. The molecule has 0 spiro atoms. The lowest BCUT2D eigenvalue weighted by Gasteiger charge is -2.22. The van der Waals surface area contributed by atoms with E-state index in [-0.39, 0.29) is 11.8 Å². The summed E-state index contributed by atoms with van der Waals surface area (Å²) in [4.78, 5) is 33.8. The van der Waals surface area contributed by atoms with Crippen molar-refractivity contribution in [1.29, 1.82) is 0 Å². The third-order valence-corrected chi connectivity index (χ3v) is 5.24. The molecule has 0 saturated heterocycles. The summed E-state index contributed by atoms with van der Waals surface area (Å²) in [5.41, 5.74) is 0. The zero-order chi connectivity index (χ0) is 20.7. The molecule has 1 atom stereocenters. The van der Waals surface area contributed by atoms with Crippen molar-refractivity contribution in [2.45, 2.75) is 91.9 Å². The standard InChI is InChI=1S/C11H22N2O2.C11H20O/c1-9(2)7-8-13-11(15)6-4-5-10(14)12-3;1-3-9(2)11(12)10-7-5-4-6-8-10/h9H,4-8H2,1-3H3,(H,12,14)(H,13,15);9-10H,3-8H2,1-2H3. The molecule has 1 aliphatic carbocycles. The van der Waals surface area contributed by atoms with E-state index in [9.17, 15) is 14.4 Å². The van der Waals surface area contributed by atoms with Gasteiger partial charge in [0.05, 0.1) is 0 Å². The number of carbonyl (C=O) groups is 3. The summed E-state index contributed by atoms with van der Waals surface area (Å²) in [6, 6.07) is 0. The van der Waals surface area contributed by atoms with Gasteiger partial charge in [0.25, 0.3) is 0 Å². The second kappa shape index (κ2) is 15.6. The fourth-order valence-electron chi connectivity index (χ4n) is 3.11. The highest BCUT2D eigenvalue weighted by Crippen LogP contribution is 2.27. The highest BCUT2D eigenvalue weighted by atomic mass is 16.2. The lowest BCUT2D eigenvalue weighted by atomic mass is 9.81. The first-order valence-electron chi connectivity index (χ1n) is 10.8. The number of ketones is 1. The summed E-state index contributed by atoms with van der Waals surface area (Å²) in [5, 5.41) is 5.36. The zero-order valence-electron chi connectivity index (χ0n) is 18.2. The van der Waals surface area contributed by atoms with Crippen LogP contribution in [0.15, 0.2) is 0 Å². The van der Waals surface area contributed by atoms with Crippen molar-refractivity contribution in [3.05, 3.63) is 0 Å². The van der Waals surface area contributed by atoms with E-state index < -0.39 is 0 Å². The van der Waals surface area contributed by atoms with Crippen molar-refractivity contribution >= 4 is 17.6 Å². The van der Waals surface area contributed by atoms with Gasteiger partial charge in [-0.05, 0) is 38.0 Å². The predicted octanol–water partition coefficient (Wildman–Crippen LogP) is 4.25. The molecule has 0 heterocycles. The molecule has 0 bridgehead atoms. The van der Waals surface area contributed by atoms with Crippen molar-refractivity contribution in [3.63, 3.8) is 0 Å². The largest absolute Gasteiger partial charge is 0.359 e. The van der Waals surface area contributed by atoms with E-state index in [1.54, 1.807) is 7.05 Å². The summed E-state index contributed by atoms with van der Waals surface area (Å²) in [6.07, 6.45) is 9.68. The predicted molar refractivity (Wildman–Crippen MR) is 111 cm³/mol. The van der Waals surface area contributed by atoms with E-state index in [2.05, 4.69) is 38.3 Å². The molecule has 1 saturated carbocycles. The second-order valence-electron chi connectivity index (χ2n) is 8.11. The number of carbonyl (C=O) groups excluding carboxylic acids is 3. The first kappa shape index (κ1) is 25.6. The van der Waals surface area contributed by atoms with Gasteiger partial charge in [0.2, 0.25) is 11.8 Å². The number of hydrogen-bond donors (Lipinski definition) is 2. The summed E-state index contributed by atoms with van der Waals surface area (Å²) < 4.78 is 0. The molecule has 1 rings (SSSR count). The average Bonchev–Trinajstić information content (AvgIpc) is 2.67. The van der Waals surface area contributed by atoms with Crippen molar-refractivity contribution < 1.29 is 14.4 Å². The minimum atomic E-state index is -0.00928. The van der Waals surface area contributed by atoms with Crippen LogP contribution in [0.2, 0.25) is 0 Å². The van der Waals surface area contributed by atoms with E-state index in [0.717, 1.165) is 32.2 Å². The summed E-state index contributed by atoms with van der Waals surface area (Å²) >= 11 is 0. The summed E-state index contributed by atoms with van der Waals surface area (Å²) in [6.45, 7) is 9.15. The van der Waals surface area contributed by atoms with Crippen molar-refractivity contribution in [2.24, 2.45) is 17.8 Å². The molecule has 1 fully saturated rings. The van der Waals surface area contributed by atoms with Gasteiger partial charge < -0.3 is 10.6 Å². The third-order valence-electron chi connectivity index (χ3n) is 5.24. The molecular weight excluding hydrogens is 340 g/mol. The Bertz CT molecular complexity index is 429. The quantitative estimate of drug-likeness (QED) is 0.593. The number of amides is 2. The molecule has 1 aliphatic rings. The molecule has 5 heteroatoms. The molecular formula is C22H42N2O3. The van der Waals surface area contributed by atoms with E-state index >= 15 is 0 Å². The molecule has 2 N–H and O–H groups in total. The smallest absolute Gasteiger partial charge is 0.220 e. The molecule has 0 radical (unpaired) electrons. The van der Waals surface area contributed by atoms with Gasteiger partial charge in [-0.2, -0.15) is 0 Å². The van der Waals surface area contributed by atoms with Gasteiger partial charge in [-0.1, -0.05) is 47.0 Å². The number of rotatable bonds is 10. The summed E-state index contributed by atoms with van der Waals surface area (Å²) in [5.74, 6) is 1.87. The Kier molecular flexibility index (Phi) is 14.8. The topological polar surface area (TPSA) is 75.3 Å². The molecule has 2 amide bonds. The Labute approximate surface area is 166 Å². The Morgan fingerprint density at radius 1 is 0.963 bits per heavy atom. The Balaban J connectivity index is 0.000000511. The number of Topliss-reactive ketones (excluding diaryl/α,β-unsaturated/α-hetero) is 1. The minimum Gasteiger partial charge on any atom is -0.359 e. The molecule has 1 unspecified atom stereocenters. The van der Waals surface area contributed by atoms with E-state index in [4.69, 9.17) is 0 Å². The van der Waals surface area contributed by atoms with Crippen molar-refractivity contribution in [3.8, 4) is 0 Å². The van der Waals surface area contributed by atoms with Crippen LogP contribution in [0.25, 0.3) is 0 Å². The monoisotopic (exact) mass is 382 g/mol. The molecule has 0 aromatic rings. The van der Waals surface area contributed by atoms with E-state index in [0.29, 0.717) is 42.8 Å². The van der Waals surface area contributed by atoms with Crippen LogP contribution in [0.4, 0.5) is 0 Å². The molecule has 5 nitrogen and oxygen atoms in total. The van der Waals surface area contributed by atoms with Crippen molar-refractivity contribution in [1.82, 2.24) is 10.6 Å². The van der Waals surface area contributed by atoms with Crippen LogP contribution in [-0.2, 0) is 14.4 Å². The first-order valence-corrected chi connectivity index (χ1v) is 10.8. The third kappa shape index (κ3) is 13.4. The van der Waals surface area contributed by atoms with Gasteiger partial charge in [0.1, 0.15) is 5.78 Å². The highest BCUT2D eigenvalue weighted by Gasteiger charge is 2.23. The van der Waals surface area contributed by atoms with Crippen LogP contribution < -0.4 is 10.6 Å². The maximum absolute atomic E-state index is 11.7. The maximum atomic E-state index is 11.7. The zero-order valence-corrected chi connectivity index (χ0v) is 18.2. The maximum Gasteiger partial charge on any atom is 0.220 e. The van der Waals surface area contributed by atoms with Crippen LogP contribution >= 0.6 is 0 Å². The van der Waals surface area contributed by atoms with E-state index in [1.165, 1.54) is 19.3 Å². The van der Waals surface area contributed by atoms with E-state index in [1.807, 2.05) is 0 Å². The first-order chi connectivity index (χ1) is 12.8. The Morgan fingerprint density at radius 2 is 1.56 bits per heavy atom. The lowest BCUT2D eigenvalue weighted by molar-refractivity contribution is -0.127. The van der Waals surface area contributed by atoms with Gasteiger partial charge in [-0.25, -0.2) is 0 Å². The lowest BCUT2D eigenvalue weighted by Crippen LogP contribution is -2.25. The fourth-order valence-corrected chi connectivity index (χ4v) is 3.11. The molecule has 0 aromatic carbocycles. The second-order valence-corrected chi connectivity index (χ2v) is 8.11. The Hall–Kier alpha value is -1.39. The van der Waals surface area contributed by atoms with Gasteiger partial charge >= 0.3 is 0 Å². The molecule has 0 aliphatic heterocycles. The fraction of sp³-hybridized carbons (Fsp3) is 0.864. The Morgan fingerprint density at radius 3 is 2.07 bits per heavy atom. The SMILES string of the molecule is CCC(C)C(=O)C1CCCCC1.CNC(=O)CCCC(=O)NCCC(C)C. The normalized spacial score (nSPS) is 15.5. The molecule has 158 valence electrons. The highest BCUT2D eigenvalue weighted by molar-refractivity contribution is 5.83. The average molecular weight is 383 g/mol. The number of hydrogen-bond acceptors (Lipinski definition) is 3. The van der Waals surface area contributed by atoms with Gasteiger partial charge in [-0.15, -0.1) is 0 Å². The van der Waals surface area contributed by atoms with Crippen LogP contribution in [-0.4, -0.2) is 31.2 Å². The van der Waals surface area contributed by atoms with Crippen LogP contribution in [0.5, 0.6) is 0 Å². The van der Waals surface area contributed by atoms with Gasteiger partial charge in [0, 0.05) is 38.3 Å². The molecule has 0 aromatic heterocycles. The van der Waals surface area contributed by atoms with Crippen LogP contribution in [0.3, 0.4) is 0 Å². The molecule has 27 heavy (non-hydrogen) atoms.